The fourth-order valence-corrected chi connectivity index (χ4v) is 7.92. The number of carbonyl (C=O) groups excluding carboxylic acids is 1. The summed E-state index contributed by atoms with van der Waals surface area (Å²) in [5.41, 5.74) is 6.39. The number of nitrogens with two attached hydrogens (primary N) is 1. The normalized spacial score (nSPS) is 26.5. The van der Waals surface area contributed by atoms with Gasteiger partial charge in [0, 0.05) is 17.4 Å². The van der Waals surface area contributed by atoms with Crippen molar-refractivity contribution in [3.05, 3.63) is 40.8 Å². The summed E-state index contributed by atoms with van der Waals surface area (Å²) >= 11 is 3.35. The van der Waals surface area contributed by atoms with Gasteiger partial charge < -0.3 is 24.4 Å². The van der Waals surface area contributed by atoms with E-state index in [9.17, 15) is 22.9 Å². The average Bonchev–Trinajstić information content (AvgIpc) is 3.72. The Kier molecular flexibility index (Phi) is 11.0. The molecule has 47 heavy (non-hydrogen) atoms. The Morgan fingerprint density at radius 3 is 2.66 bits per heavy atom. The number of halogens is 1. The van der Waals surface area contributed by atoms with E-state index in [1.807, 2.05) is 0 Å². The first-order chi connectivity index (χ1) is 22.1. The number of hydrogen-bond donors (Lipinski definition) is 5. The molecule has 20 heteroatoms. The summed E-state index contributed by atoms with van der Waals surface area (Å²) in [5, 5.41) is 18.0. The molecule has 6 N–H and O–H groups in total. The number of anilines is 1. The lowest BCUT2D eigenvalue weighted by Gasteiger charge is -2.28. The van der Waals surface area contributed by atoms with Crippen molar-refractivity contribution in [2.24, 2.45) is 16.6 Å². The Balaban J connectivity index is 1.31. The number of hydrazine groups is 1. The number of benzene rings is 1. The minimum atomic E-state index is -4.24. The lowest BCUT2D eigenvalue weighted by atomic mass is 10.0. The highest BCUT2D eigenvalue weighted by Gasteiger charge is 2.45. The van der Waals surface area contributed by atoms with Gasteiger partial charge in [-0.05, 0) is 56.9 Å². The zero-order chi connectivity index (χ0) is 34.1. The molecule has 0 spiro atoms. The van der Waals surface area contributed by atoms with Gasteiger partial charge in [0.15, 0.2) is 12.1 Å². The minimum absolute atomic E-state index is 0.166. The van der Waals surface area contributed by atoms with Gasteiger partial charge in [-0.25, -0.2) is 23.0 Å². The summed E-state index contributed by atoms with van der Waals surface area (Å²) in [7, 11) is -6.40. The van der Waals surface area contributed by atoms with E-state index < -0.39 is 60.4 Å². The molecule has 3 aliphatic rings. The van der Waals surface area contributed by atoms with E-state index in [4.69, 9.17) is 24.3 Å². The number of fused-ring (bicyclic) bond motifs is 1. The van der Waals surface area contributed by atoms with Crippen LogP contribution in [-0.2, 0) is 33.4 Å². The van der Waals surface area contributed by atoms with Gasteiger partial charge in [0.25, 0.3) is 0 Å². The molecule has 0 bridgehead atoms. The Bertz CT molecular complexity index is 1620. The number of imidazole rings is 1. The summed E-state index contributed by atoms with van der Waals surface area (Å²) in [6, 6.07) is 5.54. The monoisotopic (exact) mass is 762 g/mol. The van der Waals surface area contributed by atoms with E-state index in [0.29, 0.717) is 11.5 Å². The number of esters is 1. The van der Waals surface area contributed by atoms with Gasteiger partial charge in [-0.3, -0.25) is 24.6 Å². The second kappa shape index (κ2) is 14.5. The second-order valence-electron chi connectivity index (χ2n) is 11.8. The van der Waals surface area contributed by atoms with Gasteiger partial charge in [-0.2, -0.15) is 5.09 Å². The number of aliphatic imine (C=N–C) groups is 1. The molecular formula is C27H40BrN8O9PS. The quantitative estimate of drug-likeness (QED) is 0.119. The lowest BCUT2D eigenvalue weighted by molar-refractivity contribution is -0.150. The maximum absolute atomic E-state index is 14.1. The average molecular weight is 764 g/mol. The van der Waals surface area contributed by atoms with E-state index in [1.165, 1.54) is 25.3 Å². The Morgan fingerprint density at radius 2 is 2.00 bits per heavy atom. The van der Waals surface area contributed by atoms with Crippen LogP contribution in [0.25, 0.3) is 0 Å². The number of sulfonamides is 1. The van der Waals surface area contributed by atoms with Gasteiger partial charge >= 0.3 is 13.7 Å². The number of nitrogens with zero attached hydrogens (tertiary/aromatic N) is 4. The largest absolute Gasteiger partial charge is 0.461 e. The van der Waals surface area contributed by atoms with Crippen LogP contribution in [0.4, 0.5) is 5.82 Å². The van der Waals surface area contributed by atoms with E-state index in [1.54, 1.807) is 35.8 Å². The Labute approximate surface area is 281 Å². The van der Waals surface area contributed by atoms with Gasteiger partial charge in [0.1, 0.15) is 41.7 Å². The van der Waals surface area contributed by atoms with Gasteiger partial charge in [-0.1, -0.05) is 22.9 Å². The highest BCUT2D eigenvalue weighted by molar-refractivity contribution is 9.10. The lowest BCUT2D eigenvalue weighted by Crippen LogP contribution is -2.47. The predicted molar refractivity (Wildman–Crippen MR) is 174 cm³/mol. The van der Waals surface area contributed by atoms with Crippen LogP contribution in [0.1, 0.15) is 51.5 Å². The molecule has 1 aromatic carbocycles. The molecule has 2 aromatic rings. The highest BCUT2D eigenvalue weighted by Crippen LogP contribution is 2.47. The van der Waals surface area contributed by atoms with E-state index >= 15 is 0 Å². The van der Waals surface area contributed by atoms with Crippen LogP contribution in [0.2, 0.25) is 0 Å². The fraction of sp³-hybridized carbons (Fsp3) is 0.593. The van der Waals surface area contributed by atoms with Gasteiger partial charge in [0.05, 0.1) is 25.3 Å². The first-order valence-electron chi connectivity index (χ1n) is 15.0. The van der Waals surface area contributed by atoms with Crippen LogP contribution in [0, 0.1) is 5.92 Å². The molecule has 5 rings (SSSR count). The molecule has 17 nitrogen and oxygen atoms in total. The third-order valence-electron chi connectivity index (χ3n) is 7.87. The van der Waals surface area contributed by atoms with Crippen molar-refractivity contribution < 1.29 is 41.4 Å². The van der Waals surface area contributed by atoms with E-state index in [2.05, 4.69) is 41.1 Å². The third-order valence-corrected chi connectivity index (χ3v) is 10.6. The number of hydrogen-bond acceptors (Lipinski definition) is 14. The zero-order valence-electron chi connectivity index (χ0n) is 26.3. The van der Waals surface area contributed by atoms with Crippen molar-refractivity contribution in [1.29, 1.82) is 0 Å². The molecule has 2 fully saturated rings. The second-order valence-corrected chi connectivity index (χ2v) is 16.1. The standard InChI is InChI=1S/C27H40BrN8O9PS/c1-15-22(37)20(44-25(15)36-14-30-21-23(31-27(29)32-24(21)36)35(3)34-47(4,40)41)13-42-46(39,45-19-11-9-17(28)10-12-19)33-16(2)26(38)43-18-7-5-6-8-18/h9-12,14-16,18,20,22,25,27,32,34,37H,5-8,13,29H2,1-4H3,(H,33,39)/t15?,16?,20?,22-,25?,27+,46?/m0/s1. The number of amidine groups is 1. The van der Waals surface area contributed by atoms with Crippen LogP contribution in [-0.4, -0.2) is 90.4 Å². The predicted octanol–water partition coefficient (Wildman–Crippen LogP) is 2.02. The number of aromatic nitrogens is 2. The SMILES string of the molecule is CC(NP(=O)(OCC1OC(n2cnc3c2N[C@H](N)N=C3N(C)NS(C)(=O)=O)C(C)[C@@H]1O)Oc1ccc(Br)cc1)C(=O)OC1CCCC1. The number of aliphatic hydroxyl groups excluding tert-OH is 1. The molecule has 1 saturated heterocycles. The van der Waals surface area contributed by atoms with Crippen LogP contribution < -0.4 is 25.5 Å². The zero-order valence-corrected chi connectivity index (χ0v) is 29.6. The summed E-state index contributed by atoms with van der Waals surface area (Å²) in [5.74, 6) is -0.328. The van der Waals surface area contributed by atoms with Crippen molar-refractivity contribution in [2.75, 3.05) is 25.2 Å². The molecule has 1 aliphatic carbocycles. The summed E-state index contributed by atoms with van der Waals surface area (Å²) in [4.78, 5) is 23.8. The first kappa shape index (κ1) is 35.7. The molecule has 5 unspecified atom stereocenters. The van der Waals surface area contributed by atoms with Crippen LogP contribution in [0.15, 0.2) is 40.1 Å². The van der Waals surface area contributed by atoms with Crippen molar-refractivity contribution in [3.63, 3.8) is 0 Å². The summed E-state index contributed by atoms with van der Waals surface area (Å²) < 4.78 is 63.5. The minimum Gasteiger partial charge on any atom is -0.461 e. The van der Waals surface area contributed by atoms with Crippen molar-refractivity contribution in [3.8, 4) is 5.75 Å². The first-order valence-corrected chi connectivity index (χ1v) is 19.2. The Morgan fingerprint density at radius 1 is 1.32 bits per heavy atom. The van der Waals surface area contributed by atoms with Crippen molar-refractivity contribution in [2.45, 2.75) is 76.4 Å². The molecule has 0 radical (unpaired) electrons. The van der Waals surface area contributed by atoms with Crippen molar-refractivity contribution in [1.82, 2.24) is 24.5 Å². The molecule has 260 valence electrons. The molecule has 7 atom stereocenters. The number of nitrogens with one attached hydrogen (secondary N) is 3. The Hall–Kier alpha value is -2.61. The summed E-state index contributed by atoms with van der Waals surface area (Å²) in [6.45, 7) is 2.90. The molecule has 1 saturated carbocycles. The number of carbonyl (C=O) groups is 1. The molecular weight excluding hydrogens is 723 g/mol. The van der Waals surface area contributed by atoms with Gasteiger partial charge in [-0.15, -0.1) is 4.83 Å². The van der Waals surface area contributed by atoms with Crippen LogP contribution >= 0.6 is 23.7 Å². The number of ether oxygens (including phenoxy) is 2. The molecule has 0 amide bonds. The van der Waals surface area contributed by atoms with Crippen LogP contribution in [0.3, 0.4) is 0 Å². The number of aliphatic hydroxyl groups is 1. The number of rotatable bonds is 12. The van der Waals surface area contributed by atoms with Crippen LogP contribution in [0.5, 0.6) is 5.75 Å². The maximum atomic E-state index is 14.1. The topological polar surface area (TPSA) is 221 Å². The summed E-state index contributed by atoms with van der Waals surface area (Å²) in [6.07, 6.45) is 2.01. The molecule has 3 heterocycles. The smallest absolute Gasteiger partial charge is 0.459 e. The molecule has 1 aromatic heterocycles. The van der Waals surface area contributed by atoms with E-state index in [-0.39, 0.29) is 24.3 Å². The fourth-order valence-electron chi connectivity index (χ4n) is 5.57. The van der Waals surface area contributed by atoms with Crippen molar-refractivity contribution >= 4 is 51.3 Å². The maximum Gasteiger partial charge on any atom is 0.459 e. The van der Waals surface area contributed by atoms with Gasteiger partial charge in [0.2, 0.25) is 10.0 Å². The molecule has 2 aliphatic heterocycles. The highest BCUT2D eigenvalue weighted by atomic mass is 79.9. The van der Waals surface area contributed by atoms with E-state index in [0.717, 1.165) is 36.4 Å². The third kappa shape index (κ3) is 8.71.